The SMILES string of the molecule is C=NN=CN=C(N)N. The van der Waals surface area contributed by atoms with Crippen LogP contribution in [0.3, 0.4) is 0 Å². The van der Waals surface area contributed by atoms with Crippen LogP contribution in [0, 0.1) is 0 Å². The molecule has 0 amide bonds. The first kappa shape index (κ1) is 6.61. The van der Waals surface area contributed by atoms with Gasteiger partial charge in [-0.25, -0.2) is 4.99 Å². The number of hydrogen-bond donors (Lipinski definition) is 2. The summed E-state index contributed by atoms with van der Waals surface area (Å²) in [6.45, 7) is 3.06. The largest absolute Gasteiger partial charge is 0.370 e. The first-order chi connectivity index (χ1) is 3.77. The lowest BCUT2D eigenvalue weighted by molar-refractivity contribution is 1.27. The molecule has 0 saturated heterocycles. The predicted molar refractivity (Wildman–Crippen MR) is 33.9 cm³/mol. The van der Waals surface area contributed by atoms with E-state index in [4.69, 9.17) is 11.5 Å². The summed E-state index contributed by atoms with van der Waals surface area (Å²) in [5, 5.41) is 6.36. The molecule has 0 fully saturated rings. The molecule has 0 bridgehead atoms. The van der Waals surface area contributed by atoms with E-state index in [0.29, 0.717) is 0 Å². The van der Waals surface area contributed by atoms with E-state index in [9.17, 15) is 0 Å². The van der Waals surface area contributed by atoms with Gasteiger partial charge in [0, 0.05) is 6.72 Å². The van der Waals surface area contributed by atoms with Gasteiger partial charge in [-0.05, 0) is 0 Å². The minimum Gasteiger partial charge on any atom is -0.370 e. The molecule has 0 heterocycles. The van der Waals surface area contributed by atoms with Crippen molar-refractivity contribution in [3.05, 3.63) is 0 Å². The maximum atomic E-state index is 4.91. The maximum Gasteiger partial charge on any atom is 0.192 e. The lowest BCUT2D eigenvalue weighted by Crippen LogP contribution is -2.22. The second-order valence-corrected chi connectivity index (χ2v) is 0.926. The maximum absolute atomic E-state index is 4.91. The van der Waals surface area contributed by atoms with Crippen LogP contribution in [0.2, 0.25) is 0 Å². The van der Waals surface area contributed by atoms with Crippen molar-refractivity contribution in [1.82, 2.24) is 0 Å². The Labute approximate surface area is 46.8 Å². The van der Waals surface area contributed by atoms with Crippen molar-refractivity contribution in [2.45, 2.75) is 0 Å². The second-order valence-electron chi connectivity index (χ2n) is 0.926. The van der Waals surface area contributed by atoms with Gasteiger partial charge in [0.25, 0.3) is 0 Å². The van der Waals surface area contributed by atoms with E-state index >= 15 is 0 Å². The Morgan fingerprint density at radius 2 is 2.12 bits per heavy atom. The first-order valence-electron chi connectivity index (χ1n) is 1.83. The minimum absolute atomic E-state index is 0.0441. The van der Waals surface area contributed by atoms with E-state index < -0.39 is 0 Å². The second kappa shape index (κ2) is 3.79. The highest BCUT2D eigenvalue weighted by Gasteiger charge is 1.68. The van der Waals surface area contributed by atoms with Gasteiger partial charge in [-0.1, -0.05) is 0 Å². The van der Waals surface area contributed by atoms with Gasteiger partial charge in [0.15, 0.2) is 5.96 Å². The van der Waals surface area contributed by atoms with Crippen LogP contribution in [-0.4, -0.2) is 19.0 Å². The molecule has 0 aromatic heterocycles. The molecule has 0 radical (unpaired) electrons. The van der Waals surface area contributed by atoms with Crippen molar-refractivity contribution in [2.24, 2.45) is 26.7 Å². The molecule has 0 saturated carbocycles. The van der Waals surface area contributed by atoms with Gasteiger partial charge in [-0.3, -0.25) is 0 Å². The Kier molecular flexibility index (Phi) is 3.13. The van der Waals surface area contributed by atoms with Crippen molar-refractivity contribution in [3.8, 4) is 0 Å². The van der Waals surface area contributed by atoms with Gasteiger partial charge in [-0.15, -0.1) is 5.10 Å². The smallest absolute Gasteiger partial charge is 0.192 e. The molecule has 5 heteroatoms. The lowest BCUT2D eigenvalue weighted by atomic mass is 11.0. The van der Waals surface area contributed by atoms with E-state index in [1.165, 1.54) is 0 Å². The fourth-order valence-electron chi connectivity index (χ4n) is 0.129. The third-order valence-corrected chi connectivity index (χ3v) is 0.340. The van der Waals surface area contributed by atoms with Crippen LogP contribution in [0.1, 0.15) is 0 Å². The molecule has 4 N–H and O–H groups in total. The van der Waals surface area contributed by atoms with Crippen LogP contribution >= 0.6 is 0 Å². The minimum atomic E-state index is -0.0441. The molecule has 0 unspecified atom stereocenters. The van der Waals surface area contributed by atoms with Crippen LogP contribution in [0.15, 0.2) is 15.2 Å². The van der Waals surface area contributed by atoms with Crippen LogP contribution in [-0.2, 0) is 0 Å². The van der Waals surface area contributed by atoms with Crippen molar-refractivity contribution >= 4 is 19.0 Å². The van der Waals surface area contributed by atoms with Crippen molar-refractivity contribution < 1.29 is 0 Å². The number of rotatable bonds is 2. The summed E-state index contributed by atoms with van der Waals surface area (Å²) in [6, 6.07) is 0. The average Bonchev–Trinajstić information content (AvgIpc) is 1.66. The quantitative estimate of drug-likeness (QED) is 0.270. The van der Waals surface area contributed by atoms with Gasteiger partial charge in [0.2, 0.25) is 0 Å². The summed E-state index contributed by atoms with van der Waals surface area (Å²) in [5.41, 5.74) is 9.82. The summed E-state index contributed by atoms with van der Waals surface area (Å²) >= 11 is 0. The Morgan fingerprint density at radius 3 is 2.50 bits per heavy atom. The molecule has 8 heavy (non-hydrogen) atoms. The molecular weight excluding hydrogens is 106 g/mol. The molecule has 0 aliphatic carbocycles. The predicted octanol–water partition coefficient (Wildman–Crippen LogP) is -1.10. The van der Waals surface area contributed by atoms with Crippen LogP contribution < -0.4 is 11.5 Å². The molecule has 0 atom stereocenters. The Bertz CT molecular complexity index is 120. The molecule has 0 spiro atoms. The molecule has 0 aromatic carbocycles. The summed E-state index contributed by atoms with van der Waals surface area (Å²) in [4.78, 5) is 3.36. The first-order valence-corrected chi connectivity index (χ1v) is 1.83. The van der Waals surface area contributed by atoms with E-state index in [2.05, 4.69) is 21.9 Å². The fraction of sp³-hybridized carbons (Fsp3) is 0. The lowest BCUT2D eigenvalue weighted by Gasteiger charge is -1.79. The molecule has 5 nitrogen and oxygen atoms in total. The van der Waals surface area contributed by atoms with E-state index in [1.807, 2.05) is 0 Å². The molecule has 0 aromatic rings. The number of nitrogens with two attached hydrogens (primary N) is 2. The number of hydrogen-bond acceptors (Lipinski definition) is 2. The van der Waals surface area contributed by atoms with Gasteiger partial charge in [0.05, 0.1) is 0 Å². The molecular formula is C3H7N5. The summed E-state index contributed by atoms with van der Waals surface area (Å²) in [5.74, 6) is -0.0441. The standard InChI is InChI=1S/C3H7N5/c1-6-8-2-7-3(4)5/h2H,1H2,(H4,4,5,7,8). The summed E-state index contributed by atoms with van der Waals surface area (Å²) in [7, 11) is 0. The number of nitrogens with zero attached hydrogens (tertiary/aromatic N) is 3. The summed E-state index contributed by atoms with van der Waals surface area (Å²) < 4.78 is 0. The monoisotopic (exact) mass is 113 g/mol. The van der Waals surface area contributed by atoms with Crippen LogP contribution in [0.5, 0.6) is 0 Å². The zero-order valence-electron chi connectivity index (χ0n) is 4.28. The number of aliphatic imine (C=N–C) groups is 1. The van der Waals surface area contributed by atoms with E-state index in [1.54, 1.807) is 0 Å². The fourth-order valence-corrected chi connectivity index (χ4v) is 0.129. The zero-order chi connectivity index (χ0) is 6.41. The third-order valence-electron chi connectivity index (χ3n) is 0.340. The summed E-state index contributed by atoms with van der Waals surface area (Å²) in [6.07, 6.45) is 1.11. The molecule has 0 aliphatic heterocycles. The van der Waals surface area contributed by atoms with Gasteiger partial charge in [-0.2, -0.15) is 5.10 Å². The topological polar surface area (TPSA) is 89.1 Å². The highest BCUT2D eigenvalue weighted by molar-refractivity contribution is 5.83. The molecule has 0 aliphatic rings. The van der Waals surface area contributed by atoms with Crippen LogP contribution in [0.4, 0.5) is 0 Å². The van der Waals surface area contributed by atoms with E-state index in [0.717, 1.165) is 6.34 Å². The highest BCUT2D eigenvalue weighted by atomic mass is 15.2. The Morgan fingerprint density at radius 1 is 1.50 bits per heavy atom. The van der Waals surface area contributed by atoms with E-state index in [-0.39, 0.29) is 5.96 Å². The zero-order valence-corrected chi connectivity index (χ0v) is 4.28. The Balaban J connectivity index is 3.57. The number of guanidine groups is 1. The van der Waals surface area contributed by atoms with Gasteiger partial charge < -0.3 is 11.5 Å². The van der Waals surface area contributed by atoms with Gasteiger partial charge >= 0.3 is 0 Å². The Hall–Kier alpha value is -1.39. The highest BCUT2D eigenvalue weighted by Crippen LogP contribution is 1.62. The van der Waals surface area contributed by atoms with Crippen molar-refractivity contribution in [2.75, 3.05) is 0 Å². The normalized spacial score (nSPS) is 9.00. The molecule has 0 rings (SSSR count). The van der Waals surface area contributed by atoms with Crippen molar-refractivity contribution in [1.29, 1.82) is 0 Å². The third kappa shape index (κ3) is 4.61. The van der Waals surface area contributed by atoms with Gasteiger partial charge in [0.1, 0.15) is 6.34 Å². The average molecular weight is 113 g/mol. The molecule has 44 valence electrons. The van der Waals surface area contributed by atoms with Crippen molar-refractivity contribution in [3.63, 3.8) is 0 Å². The van der Waals surface area contributed by atoms with Crippen LogP contribution in [0.25, 0.3) is 0 Å².